The molecule has 4 nitrogen and oxygen atoms in total. The molecule has 0 aromatic carbocycles. The van der Waals surface area contributed by atoms with Crippen LogP contribution in [0, 0.1) is 0 Å². The average molecular weight is 213 g/mol. The molecule has 0 spiro atoms. The van der Waals surface area contributed by atoms with Gasteiger partial charge in [-0.05, 0) is 26.2 Å². The predicted molar refractivity (Wildman–Crippen MR) is 56.5 cm³/mol. The molecule has 0 saturated carbocycles. The molecule has 1 heterocycles. The quantitative estimate of drug-likeness (QED) is 0.654. The van der Waals surface area contributed by atoms with Crippen molar-refractivity contribution >= 4 is 11.7 Å². The second-order valence-corrected chi connectivity index (χ2v) is 4.14. The van der Waals surface area contributed by atoms with Crippen LogP contribution in [0.4, 0.5) is 0 Å². The summed E-state index contributed by atoms with van der Waals surface area (Å²) in [5.41, 5.74) is 0. The summed E-state index contributed by atoms with van der Waals surface area (Å²) in [6.07, 6.45) is 3.45. The van der Waals surface area contributed by atoms with Crippen molar-refractivity contribution in [2.45, 2.75) is 38.7 Å². The molecular weight excluding hydrogens is 194 g/mol. The summed E-state index contributed by atoms with van der Waals surface area (Å²) in [5.74, 6) is -0.201. The maximum Gasteiger partial charge on any atom is 0.229 e. The maximum absolute atomic E-state index is 11.5. The Labute approximate surface area is 90.6 Å². The number of Topliss-reactive ketones (excluding diaryl/α,β-unsaturated/α-hetero) is 1. The van der Waals surface area contributed by atoms with Crippen LogP contribution in [-0.4, -0.2) is 42.9 Å². The zero-order valence-corrected chi connectivity index (χ0v) is 9.49. The predicted octanol–water partition coefficient (Wildman–Crippen LogP) is 0.993. The summed E-state index contributed by atoms with van der Waals surface area (Å²) < 4.78 is 5.52. The van der Waals surface area contributed by atoms with Gasteiger partial charge in [-0.1, -0.05) is 0 Å². The lowest BCUT2D eigenvalue weighted by atomic mass is 10.1. The van der Waals surface area contributed by atoms with E-state index in [2.05, 4.69) is 0 Å². The third-order valence-electron chi connectivity index (χ3n) is 2.58. The van der Waals surface area contributed by atoms with Gasteiger partial charge in [0.1, 0.15) is 5.78 Å². The highest BCUT2D eigenvalue weighted by atomic mass is 16.5. The Kier molecular flexibility index (Phi) is 4.75. The van der Waals surface area contributed by atoms with Gasteiger partial charge in [0.15, 0.2) is 0 Å². The van der Waals surface area contributed by atoms with E-state index in [1.807, 2.05) is 0 Å². The minimum absolute atomic E-state index is 0.00319. The second-order valence-electron chi connectivity index (χ2n) is 4.14. The molecule has 86 valence electrons. The Bertz CT molecular complexity index is 234. The number of carbonyl (C=O) groups is 2. The van der Waals surface area contributed by atoms with E-state index in [0.717, 1.165) is 19.4 Å². The molecule has 0 bridgehead atoms. The Morgan fingerprint density at radius 1 is 1.40 bits per heavy atom. The first-order valence-electron chi connectivity index (χ1n) is 5.44. The highest BCUT2D eigenvalue weighted by molar-refractivity contribution is 5.96. The summed E-state index contributed by atoms with van der Waals surface area (Å²) in [5, 5.41) is 0. The van der Waals surface area contributed by atoms with Crippen LogP contribution in [0.3, 0.4) is 0 Å². The molecular formula is C11H19NO3. The van der Waals surface area contributed by atoms with Crippen LogP contribution in [0.15, 0.2) is 0 Å². The van der Waals surface area contributed by atoms with Crippen LogP contribution < -0.4 is 0 Å². The monoisotopic (exact) mass is 213 g/mol. The number of hydrogen-bond acceptors (Lipinski definition) is 3. The van der Waals surface area contributed by atoms with Crippen LogP contribution in [0.1, 0.15) is 32.6 Å². The fourth-order valence-corrected chi connectivity index (χ4v) is 1.71. The molecule has 0 N–H and O–H groups in total. The van der Waals surface area contributed by atoms with Gasteiger partial charge in [-0.25, -0.2) is 0 Å². The van der Waals surface area contributed by atoms with Crippen molar-refractivity contribution in [3.05, 3.63) is 0 Å². The molecule has 1 unspecified atom stereocenters. The Hall–Kier alpha value is -0.900. The van der Waals surface area contributed by atoms with E-state index >= 15 is 0 Å². The Morgan fingerprint density at radius 3 is 2.67 bits per heavy atom. The van der Waals surface area contributed by atoms with Gasteiger partial charge in [0.2, 0.25) is 5.91 Å². The van der Waals surface area contributed by atoms with Crippen LogP contribution >= 0.6 is 0 Å². The summed E-state index contributed by atoms with van der Waals surface area (Å²) in [4.78, 5) is 23.8. The minimum Gasteiger partial charge on any atom is -0.376 e. The molecule has 0 aromatic heterocycles. The molecule has 0 aromatic rings. The topological polar surface area (TPSA) is 46.6 Å². The molecule has 1 amide bonds. The van der Waals surface area contributed by atoms with E-state index in [4.69, 9.17) is 4.74 Å². The SMILES string of the molecule is CC(=O)CC(=O)N(C)CC1CCCCO1. The summed E-state index contributed by atoms with van der Waals surface area (Å²) in [6, 6.07) is 0. The van der Waals surface area contributed by atoms with Gasteiger partial charge in [-0.3, -0.25) is 9.59 Å². The number of rotatable bonds is 4. The molecule has 4 heteroatoms. The molecule has 1 aliphatic rings. The lowest BCUT2D eigenvalue weighted by Gasteiger charge is -2.27. The van der Waals surface area contributed by atoms with Crippen LogP contribution in [0.5, 0.6) is 0 Å². The molecule has 1 saturated heterocycles. The molecule has 0 radical (unpaired) electrons. The van der Waals surface area contributed by atoms with E-state index in [1.54, 1.807) is 11.9 Å². The number of ketones is 1. The van der Waals surface area contributed by atoms with E-state index < -0.39 is 0 Å². The number of nitrogens with zero attached hydrogens (tertiary/aromatic N) is 1. The minimum atomic E-state index is -0.114. The highest BCUT2D eigenvalue weighted by Gasteiger charge is 2.19. The standard InChI is InChI=1S/C11H19NO3/c1-9(13)7-11(14)12(2)8-10-5-3-4-6-15-10/h10H,3-8H2,1-2H3. The average Bonchev–Trinajstić information content (AvgIpc) is 2.18. The first kappa shape index (κ1) is 12.2. The number of ether oxygens (including phenoxy) is 1. The molecule has 1 atom stereocenters. The second kappa shape index (κ2) is 5.85. The lowest BCUT2D eigenvalue weighted by Crippen LogP contribution is -2.37. The highest BCUT2D eigenvalue weighted by Crippen LogP contribution is 2.13. The van der Waals surface area contributed by atoms with Crippen molar-refractivity contribution in [2.24, 2.45) is 0 Å². The van der Waals surface area contributed by atoms with Gasteiger partial charge in [-0.2, -0.15) is 0 Å². The number of hydrogen-bond donors (Lipinski definition) is 0. The maximum atomic E-state index is 11.5. The van der Waals surface area contributed by atoms with Gasteiger partial charge in [0.05, 0.1) is 12.5 Å². The number of likely N-dealkylation sites (N-methyl/N-ethyl adjacent to an activating group) is 1. The van der Waals surface area contributed by atoms with Gasteiger partial charge >= 0.3 is 0 Å². The Balaban J connectivity index is 2.29. The largest absolute Gasteiger partial charge is 0.376 e. The number of carbonyl (C=O) groups excluding carboxylic acids is 2. The van der Waals surface area contributed by atoms with Gasteiger partial charge in [-0.15, -0.1) is 0 Å². The molecule has 1 rings (SSSR count). The van der Waals surface area contributed by atoms with Crippen molar-refractivity contribution in [3.8, 4) is 0 Å². The van der Waals surface area contributed by atoms with Crippen LogP contribution in [0.25, 0.3) is 0 Å². The van der Waals surface area contributed by atoms with Crippen molar-refractivity contribution in [1.29, 1.82) is 0 Å². The summed E-state index contributed by atoms with van der Waals surface area (Å²) in [6.45, 7) is 2.83. The summed E-state index contributed by atoms with van der Waals surface area (Å²) in [7, 11) is 1.73. The smallest absolute Gasteiger partial charge is 0.229 e. The Morgan fingerprint density at radius 2 is 2.13 bits per heavy atom. The molecule has 1 fully saturated rings. The van der Waals surface area contributed by atoms with E-state index in [0.29, 0.717) is 6.54 Å². The zero-order valence-electron chi connectivity index (χ0n) is 9.49. The fourth-order valence-electron chi connectivity index (χ4n) is 1.71. The third kappa shape index (κ3) is 4.42. The number of amides is 1. The van der Waals surface area contributed by atoms with Crippen molar-refractivity contribution in [2.75, 3.05) is 20.2 Å². The van der Waals surface area contributed by atoms with Gasteiger partial charge in [0, 0.05) is 20.2 Å². The van der Waals surface area contributed by atoms with E-state index in [1.165, 1.54) is 13.3 Å². The van der Waals surface area contributed by atoms with Crippen molar-refractivity contribution in [3.63, 3.8) is 0 Å². The van der Waals surface area contributed by atoms with Gasteiger partial charge < -0.3 is 9.64 Å². The van der Waals surface area contributed by atoms with Gasteiger partial charge in [0.25, 0.3) is 0 Å². The van der Waals surface area contributed by atoms with Crippen molar-refractivity contribution < 1.29 is 14.3 Å². The van der Waals surface area contributed by atoms with Crippen molar-refractivity contribution in [1.82, 2.24) is 4.90 Å². The molecule has 0 aliphatic carbocycles. The van der Waals surface area contributed by atoms with E-state index in [9.17, 15) is 9.59 Å². The molecule has 15 heavy (non-hydrogen) atoms. The zero-order chi connectivity index (χ0) is 11.3. The van der Waals surface area contributed by atoms with E-state index in [-0.39, 0.29) is 24.2 Å². The normalized spacial score (nSPS) is 21.1. The van der Waals surface area contributed by atoms with Crippen LogP contribution in [-0.2, 0) is 14.3 Å². The molecule has 1 aliphatic heterocycles. The van der Waals surface area contributed by atoms with Crippen LogP contribution in [0.2, 0.25) is 0 Å². The first-order valence-corrected chi connectivity index (χ1v) is 5.44. The third-order valence-corrected chi connectivity index (χ3v) is 2.58. The summed E-state index contributed by atoms with van der Waals surface area (Å²) >= 11 is 0. The lowest BCUT2D eigenvalue weighted by molar-refractivity contribution is -0.135. The fraction of sp³-hybridized carbons (Fsp3) is 0.818. The first-order chi connectivity index (χ1) is 7.09.